The van der Waals surface area contributed by atoms with E-state index in [1.54, 1.807) is 6.08 Å². The standard InChI is InChI=1S/C13H25O4P/c1-11(7-6-9-13(3,4)5)12(2)8-10-17-18(14,15)16/h7-8H,6,9-10H2,1-5H3,(H2,14,15,16)/b11-7+,12-8+. The van der Waals surface area contributed by atoms with Gasteiger partial charge in [-0.1, -0.05) is 44.1 Å². The molecule has 5 heteroatoms. The van der Waals surface area contributed by atoms with E-state index in [2.05, 4.69) is 31.4 Å². The molecule has 0 bridgehead atoms. The quantitative estimate of drug-likeness (QED) is 0.571. The lowest BCUT2D eigenvalue weighted by molar-refractivity contribution is 0.215. The Morgan fingerprint density at radius 2 is 1.67 bits per heavy atom. The third-order valence-electron chi connectivity index (χ3n) is 2.60. The average Bonchev–Trinajstić information content (AvgIpc) is 2.13. The summed E-state index contributed by atoms with van der Waals surface area (Å²) in [6.45, 7) is 10.4. The second kappa shape index (κ2) is 7.25. The Morgan fingerprint density at radius 3 is 2.11 bits per heavy atom. The van der Waals surface area contributed by atoms with Gasteiger partial charge in [-0.25, -0.2) is 4.57 Å². The molecule has 4 nitrogen and oxygen atoms in total. The maximum Gasteiger partial charge on any atom is 0.469 e. The molecule has 0 aromatic rings. The fourth-order valence-corrected chi connectivity index (χ4v) is 1.57. The summed E-state index contributed by atoms with van der Waals surface area (Å²) < 4.78 is 14.9. The molecule has 0 saturated carbocycles. The first kappa shape index (κ1) is 17.6. The summed E-state index contributed by atoms with van der Waals surface area (Å²) in [6, 6.07) is 0. The predicted molar refractivity (Wildman–Crippen MR) is 74.2 cm³/mol. The topological polar surface area (TPSA) is 66.8 Å². The monoisotopic (exact) mass is 276 g/mol. The summed E-state index contributed by atoms with van der Waals surface area (Å²) in [6.07, 6.45) is 5.94. The minimum atomic E-state index is -4.36. The summed E-state index contributed by atoms with van der Waals surface area (Å²) in [5.41, 5.74) is 2.42. The number of rotatable bonds is 6. The molecule has 0 amide bonds. The Labute approximate surface area is 110 Å². The molecule has 0 heterocycles. The van der Waals surface area contributed by atoms with Crippen molar-refractivity contribution < 1.29 is 18.9 Å². The molecule has 0 unspecified atom stereocenters. The van der Waals surface area contributed by atoms with Crippen molar-refractivity contribution in [3.8, 4) is 0 Å². The van der Waals surface area contributed by atoms with Gasteiger partial charge in [0.15, 0.2) is 0 Å². The molecule has 0 fully saturated rings. The second-order valence-corrected chi connectivity index (χ2v) is 6.90. The lowest BCUT2D eigenvalue weighted by Crippen LogP contribution is -2.03. The van der Waals surface area contributed by atoms with E-state index < -0.39 is 7.82 Å². The van der Waals surface area contributed by atoms with Crippen LogP contribution in [0, 0.1) is 5.41 Å². The highest BCUT2D eigenvalue weighted by molar-refractivity contribution is 7.46. The normalized spacial score (nSPS) is 15.1. The van der Waals surface area contributed by atoms with E-state index in [1.165, 1.54) is 0 Å². The highest BCUT2D eigenvalue weighted by Gasteiger charge is 2.12. The van der Waals surface area contributed by atoms with Gasteiger partial charge in [0.05, 0.1) is 6.61 Å². The number of hydrogen-bond donors (Lipinski definition) is 2. The molecule has 0 aliphatic carbocycles. The first-order chi connectivity index (χ1) is 8.01. The molecule has 2 N–H and O–H groups in total. The Kier molecular flexibility index (Phi) is 7.08. The summed E-state index contributed by atoms with van der Waals surface area (Å²) in [5, 5.41) is 0. The van der Waals surface area contributed by atoms with E-state index in [4.69, 9.17) is 9.79 Å². The molecule has 18 heavy (non-hydrogen) atoms. The molecule has 0 aromatic carbocycles. The van der Waals surface area contributed by atoms with Crippen LogP contribution in [0.3, 0.4) is 0 Å². The molecule has 106 valence electrons. The van der Waals surface area contributed by atoms with Gasteiger partial charge >= 0.3 is 7.82 Å². The SMILES string of the molecule is CC(=C\CCC(C)(C)C)/C(C)=C/COP(=O)(O)O. The molecule has 0 spiro atoms. The van der Waals surface area contributed by atoms with E-state index in [0.29, 0.717) is 5.41 Å². The van der Waals surface area contributed by atoms with Gasteiger partial charge in [0.25, 0.3) is 0 Å². The second-order valence-electron chi connectivity index (χ2n) is 5.66. The van der Waals surface area contributed by atoms with Gasteiger partial charge in [0, 0.05) is 0 Å². The first-order valence-electron chi connectivity index (χ1n) is 6.05. The Hall–Kier alpha value is -0.410. The first-order valence-corrected chi connectivity index (χ1v) is 7.58. The molecule has 0 saturated heterocycles. The van der Waals surface area contributed by atoms with Gasteiger partial charge in [-0.15, -0.1) is 0 Å². The molecule has 0 aromatic heterocycles. The van der Waals surface area contributed by atoms with Crippen LogP contribution in [0.5, 0.6) is 0 Å². The molecule has 0 aliphatic heterocycles. The number of hydrogen-bond acceptors (Lipinski definition) is 2. The predicted octanol–water partition coefficient (Wildman–Crippen LogP) is 3.81. The van der Waals surface area contributed by atoms with Crippen LogP contribution in [0.15, 0.2) is 23.3 Å². The van der Waals surface area contributed by atoms with Gasteiger partial charge in [-0.2, -0.15) is 0 Å². The van der Waals surface area contributed by atoms with Crippen LogP contribution < -0.4 is 0 Å². The molecule has 0 rings (SSSR count). The highest BCUT2D eigenvalue weighted by atomic mass is 31.2. The van der Waals surface area contributed by atoms with Crippen molar-refractivity contribution in [2.45, 2.75) is 47.5 Å². The highest BCUT2D eigenvalue weighted by Crippen LogP contribution is 2.35. The molecule has 0 atom stereocenters. The Morgan fingerprint density at radius 1 is 1.17 bits per heavy atom. The van der Waals surface area contributed by atoms with Crippen molar-refractivity contribution in [1.82, 2.24) is 0 Å². The van der Waals surface area contributed by atoms with Crippen LogP contribution in [0.4, 0.5) is 0 Å². The van der Waals surface area contributed by atoms with E-state index in [1.807, 2.05) is 13.8 Å². The van der Waals surface area contributed by atoms with Crippen molar-refractivity contribution in [1.29, 1.82) is 0 Å². The Balaban J connectivity index is 4.24. The fourth-order valence-electron chi connectivity index (χ4n) is 1.30. The van der Waals surface area contributed by atoms with Crippen LogP contribution in [0.2, 0.25) is 0 Å². The molecule has 0 radical (unpaired) electrons. The maximum absolute atomic E-state index is 10.5. The molecular weight excluding hydrogens is 251 g/mol. The summed E-state index contributed by atoms with van der Waals surface area (Å²) in [4.78, 5) is 17.1. The zero-order valence-corrected chi connectivity index (χ0v) is 12.8. The zero-order chi connectivity index (χ0) is 14.4. The fraction of sp³-hybridized carbons (Fsp3) is 0.692. The Bertz CT molecular complexity index is 358. The van der Waals surface area contributed by atoms with Gasteiger partial charge in [-0.3, -0.25) is 4.52 Å². The van der Waals surface area contributed by atoms with Crippen molar-refractivity contribution in [3.05, 3.63) is 23.3 Å². The van der Waals surface area contributed by atoms with E-state index >= 15 is 0 Å². The van der Waals surface area contributed by atoms with Crippen LogP contribution >= 0.6 is 7.82 Å². The van der Waals surface area contributed by atoms with E-state index in [9.17, 15) is 4.57 Å². The van der Waals surface area contributed by atoms with Gasteiger partial charge in [0.1, 0.15) is 0 Å². The number of phosphoric acid groups is 1. The maximum atomic E-state index is 10.5. The minimum absolute atomic E-state index is 0.0689. The van der Waals surface area contributed by atoms with Crippen molar-refractivity contribution in [2.75, 3.05) is 6.61 Å². The summed E-state index contributed by atoms with van der Waals surface area (Å²) in [5.74, 6) is 0. The minimum Gasteiger partial charge on any atom is -0.303 e. The van der Waals surface area contributed by atoms with E-state index in [-0.39, 0.29) is 6.61 Å². The van der Waals surface area contributed by atoms with Crippen molar-refractivity contribution in [2.24, 2.45) is 5.41 Å². The average molecular weight is 276 g/mol. The van der Waals surface area contributed by atoms with Crippen molar-refractivity contribution in [3.63, 3.8) is 0 Å². The van der Waals surface area contributed by atoms with Gasteiger partial charge in [-0.05, 0) is 32.1 Å². The van der Waals surface area contributed by atoms with Gasteiger partial charge < -0.3 is 9.79 Å². The van der Waals surface area contributed by atoms with Crippen LogP contribution in [0.25, 0.3) is 0 Å². The van der Waals surface area contributed by atoms with Crippen LogP contribution in [-0.4, -0.2) is 16.4 Å². The van der Waals surface area contributed by atoms with Gasteiger partial charge in [0.2, 0.25) is 0 Å². The molecule has 0 aliphatic rings. The van der Waals surface area contributed by atoms with E-state index in [0.717, 1.165) is 24.0 Å². The van der Waals surface area contributed by atoms with Crippen molar-refractivity contribution >= 4 is 7.82 Å². The smallest absolute Gasteiger partial charge is 0.303 e. The zero-order valence-electron chi connectivity index (χ0n) is 11.9. The largest absolute Gasteiger partial charge is 0.469 e. The van der Waals surface area contributed by atoms with Crippen LogP contribution in [0.1, 0.15) is 47.5 Å². The summed E-state index contributed by atoms with van der Waals surface area (Å²) >= 11 is 0. The third-order valence-corrected chi connectivity index (χ3v) is 3.08. The lowest BCUT2D eigenvalue weighted by Gasteiger charge is -2.16. The van der Waals surface area contributed by atoms with Crippen LogP contribution in [-0.2, 0) is 9.09 Å². The molecular formula is C13H25O4P. The number of allylic oxidation sites excluding steroid dienone is 3. The summed E-state index contributed by atoms with van der Waals surface area (Å²) in [7, 11) is -4.36. The third kappa shape index (κ3) is 10.7. The lowest BCUT2D eigenvalue weighted by atomic mass is 9.90. The number of phosphoric ester groups is 1.